The van der Waals surface area contributed by atoms with Gasteiger partial charge in [0.1, 0.15) is 5.82 Å². The number of aromatic amines is 1. The van der Waals surface area contributed by atoms with Crippen molar-refractivity contribution in [3.05, 3.63) is 151 Å². The molecule has 0 spiro atoms. The van der Waals surface area contributed by atoms with Crippen molar-refractivity contribution in [3.63, 3.8) is 0 Å². The van der Waals surface area contributed by atoms with E-state index >= 15 is 0 Å². The molecule has 0 amide bonds. The van der Waals surface area contributed by atoms with Crippen LogP contribution in [-0.4, -0.2) is 26.0 Å². The molecule has 0 radical (unpaired) electrons. The van der Waals surface area contributed by atoms with Crippen molar-refractivity contribution < 1.29 is 124 Å². The number of imidazole rings is 2. The summed E-state index contributed by atoms with van der Waals surface area (Å²) in [5.74, 6) is -0.311. The van der Waals surface area contributed by atoms with Crippen molar-refractivity contribution in [1.29, 1.82) is 10.5 Å². The van der Waals surface area contributed by atoms with Crippen molar-refractivity contribution in [1.82, 2.24) is 19.5 Å². The smallest absolute Gasteiger partial charge is 1.00 e. The van der Waals surface area contributed by atoms with Crippen LogP contribution in [0.3, 0.4) is 0 Å². The van der Waals surface area contributed by atoms with Gasteiger partial charge in [-0.15, -0.1) is 0 Å². The molecule has 9 nitrogen and oxygen atoms in total. The Hall–Kier alpha value is -3.09. The maximum atomic E-state index is 12.1. The Morgan fingerprint density at radius 3 is 1.68 bits per heavy atom. The van der Waals surface area contributed by atoms with E-state index < -0.39 is 0 Å². The number of halogens is 1. The summed E-state index contributed by atoms with van der Waals surface area (Å²) in [6.07, 6.45) is 7.26. The minimum atomic E-state index is -0.311. The van der Waals surface area contributed by atoms with Crippen molar-refractivity contribution in [3.8, 4) is 40.3 Å². The van der Waals surface area contributed by atoms with E-state index in [-0.39, 0.29) is 124 Å². The molecule has 6 aromatic rings. The molecule has 2 heterocycles. The maximum absolute atomic E-state index is 12.1. The molecule has 0 aliphatic heterocycles. The van der Waals surface area contributed by atoms with Gasteiger partial charge in [0.25, 0.3) is 6.47 Å². The van der Waals surface area contributed by atoms with E-state index in [9.17, 15) is 4.39 Å². The van der Waals surface area contributed by atoms with Gasteiger partial charge in [-0.2, -0.15) is 10.5 Å². The molecule has 6 rings (SSSR count). The monoisotopic (exact) mass is 726 g/mol. The number of nitrogens with one attached hydrogen (secondary N) is 1. The zero-order valence-electron chi connectivity index (χ0n) is 29.6. The van der Waals surface area contributed by atoms with Gasteiger partial charge in [-0.1, -0.05) is 95.8 Å². The van der Waals surface area contributed by atoms with Crippen LogP contribution < -0.4 is 108 Å². The summed E-state index contributed by atoms with van der Waals surface area (Å²) in [7, 11) is 0. The summed E-state index contributed by atoms with van der Waals surface area (Å²) in [6, 6.07) is 37.0. The first kappa shape index (κ1) is 51.3. The van der Waals surface area contributed by atoms with Crippen LogP contribution in [0.2, 0.25) is 0 Å². The summed E-state index contributed by atoms with van der Waals surface area (Å²) in [4.78, 5) is 22.6. The molecule has 0 atom stereocenters. The molecule has 0 unspecified atom stereocenters. The van der Waals surface area contributed by atoms with Gasteiger partial charge in [-0.3, -0.25) is 4.79 Å². The number of carbonyl (C=O) groups is 1. The zero-order valence-corrected chi connectivity index (χ0v) is 34.9. The first-order valence-electron chi connectivity index (χ1n) is 14.6. The molecule has 0 saturated carbocycles. The van der Waals surface area contributed by atoms with Crippen molar-refractivity contribution in [2.24, 2.45) is 0 Å². The Labute approximate surface area is 381 Å². The first-order chi connectivity index (χ1) is 23.1. The molecule has 1 N–H and O–H groups in total. The summed E-state index contributed by atoms with van der Waals surface area (Å²) in [5.41, 5.74) is 6.40. The molecule has 0 saturated heterocycles. The fraction of sp³-hybridized carbons (Fsp3) is 0.132. The van der Waals surface area contributed by atoms with Gasteiger partial charge in [-0.25, -0.2) is 14.4 Å². The normalized spacial score (nSPS) is 8.16. The van der Waals surface area contributed by atoms with Crippen LogP contribution in [0.15, 0.2) is 134 Å². The van der Waals surface area contributed by atoms with Gasteiger partial charge in [-0.05, 0) is 54.1 Å². The second-order valence-corrected chi connectivity index (χ2v) is 8.33. The molecule has 0 aliphatic rings. The Bertz CT molecular complexity index is 1750. The van der Waals surface area contributed by atoms with Crippen LogP contribution in [-0.2, 0) is 9.68 Å². The predicted octanol–water partition coefficient (Wildman–Crippen LogP) is 2.43. The average molecular weight is 727 g/mol. The molecule has 12 heteroatoms. The molecule has 0 aliphatic carbocycles. The molecule has 250 valence electrons. The van der Waals surface area contributed by atoms with Crippen molar-refractivity contribution in [2.75, 3.05) is 0 Å². The number of nitrogens with zero attached hydrogens (tertiary/aromatic N) is 5. The molecule has 0 bridgehead atoms. The summed E-state index contributed by atoms with van der Waals surface area (Å²) >= 11 is 0. The SMILES string of the molecule is C.CC.CC.N#Cc1ccc(-n2cnc(-c3ccccc3)c2)cc1.N#Cc1ccc(F)cc1.O=CO[O-].[H-].[K+].[K+].c1ccc(-c2cnc[nH]2)cc1. The fourth-order valence-corrected chi connectivity index (χ4v) is 3.49. The molecular formula is C38H41FK2N6O3. The number of rotatable bonds is 4. The van der Waals surface area contributed by atoms with Gasteiger partial charge < -0.3 is 21.1 Å². The Balaban J connectivity index is -0.000000300. The number of hydrogen-bond acceptors (Lipinski definition) is 7. The maximum Gasteiger partial charge on any atom is 1.00 e. The molecular weight excluding hydrogens is 686 g/mol. The first-order valence-corrected chi connectivity index (χ1v) is 14.6. The number of nitriles is 2. The minimum absolute atomic E-state index is 0. The molecule has 0 fully saturated rings. The summed E-state index contributed by atoms with van der Waals surface area (Å²) in [6.45, 7) is 7.82. The van der Waals surface area contributed by atoms with E-state index in [4.69, 9.17) is 20.6 Å². The fourth-order valence-electron chi connectivity index (χ4n) is 3.49. The third-order valence-corrected chi connectivity index (χ3v) is 5.54. The molecule has 2 aromatic heterocycles. The summed E-state index contributed by atoms with van der Waals surface area (Å²) < 4.78 is 14.1. The predicted molar refractivity (Wildman–Crippen MR) is 187 cm³/mol. The van der Waals surface area contributed by atoms with E-state index in [0.29, 0.717) is 11.1 Å². The summed E-state index contributed by atoms with van der Waals surface area (Å²) in [5, 5.41) is 25.5. The largest absolute Gasteiger partial charge is 1.00 e. The third kappa shape index (κ3) is 19.9. The van der Waals surface area contributed by atoms with Crippen molar-refractivity contribution >= 4 is 6.47 Å². The Kier molecular flexibility index (Phi) is 33.9. The van der Waals surface area contributed by atoms with Crippen molar-refractivity contribution in [2.45, 2.75) is 35.1 Å². The van der Waals surface area contributed by atoms with E-state index in [1.165, 1.54) is 29.8 Å². The molecule has 4 aromatic carbocycles. The van der Waals surface area contributed by atoms with Crippen LogP contribution in [0, 0.1) is 28.5 Å². The molecule has 50 heavy (non-hydrogen) atoms. The number of benzene rings is 4. The quantitative estimate of drug-likeness (QED) is 0.127. The second kappa shape index (κ2) is 33.1. The van der Waals surface area contributed by atoms with E-state index in [0.717, 1.165) is 22.6 Å². The van der Waals surface area contributed by atoms with Gasteiger partial charge in [0.05, 0.1) is 53.5 Å². The Morgan fingerprint density at radius 2 is 1.26 bits per heavy atom. The third-order valence-electron chi connectivity index (χ3n) is 5.54. The van der Waals surface area contributed by atoms with Gasteiger partial charge in [0, 0.05) is 17.4 Å². The van der Waals surface area contributed by atoms with E-state index in [1.54, 1.807) is 24.8 Å². The van der Waals surface area contributed by atoms with Crippen LogP contribution in [0.1, 0.15) is 47.7 Å². The van der Waals surface area contributed by atoms with E-state index in [1.807, 2.05) is 124 Å². The standard InChI is InChI=1S/C16H11N3.C9H8N2.C7H4FN.2C2H6.CH2O3.CH4.2K.H/c17-10-13-6-8-15(9-7-13)19-11-16(18-12-19)14-4-2-1-3-5-14;1-2-4-8(5-3-1)9-6-10-7-11-9;8-7-3-1-6(5-9)2-4-7;2*1-2;2-1-4-3;;;;/h1-9,11-12H;1-7H,(H,10,11);1-4H;2*1-2H3;1,3H;1H4;;;/q;;;;;;;2*+1;-1/p-1. The van der Waals surface area contributed by atoms with Crippen LogP contribution in [0.4, 0.5) is 4.39 Å². The van der Waals surface area contributed by atoms with Crippen LogP contribution in [0.5, 0.6) is 0 Å². The van der Waals surface area contributed by atoms with Gasteiger partial charge in [0.2, 0.25) is 0 Å². The average Bonchev–Trinajstić information content (AvgIpc) is 3.89. The Morgan fingerprint density at radius 1 is 0.800 bits per heavy atom. The van der Waals surface area contributed by atoms with Gasteiger partial charge >= 0.3 is 103 Å². The van der Waals surface area contributed by atoms with Gasteiger partial charge in [0.15, 0.2) is 0 Å². The zero-order chi connectivity index (χ0) is 34.7. The van der Waals surface area contributed by atoms with Crippen LogP contribution >= 0.6 is 0 Å². The van der Waals surface area contributed by atoms with E-state index in [2.05, 4.69) is 25.9 Å². The number of H-pyrrole nitrogens is 1. The van der Waals surface area contributed by atoms with Crippen LogP contribution in [0.25, 0.3) is 28.2 Å². The number of hydrogen-bond donors (Lipinski definition) is 1. The minimum Gasteiger partial charge on any atom is -1.00 e. The number of carbonyl (C=O) groups excluding carboxylic acids is 1. The second-order valence-electron chi connectivity index (χ2n) is 8.33. The number of aromatic nitrogens is 4. The topological polar surface area (TPSA) is 143 Å².